The normalized spacial score (nSPS) is 14.3. The number of para-hydroxylation sites is 1. The lowest BCUT2D eigenvalue weighted by molar-refractivity contribution is 0.475. The molecule has 2 heteroatoms. The molecule has 2 aromatic rings. The summed E-state index contributed by atoms with van der Waals surface area (Å²) in [6.45, 7) is 7.99. The molecule has 1 N–H and O–H groups in total. The highest BCUT2D eigenvalue weighted by molar-refractivity contribution is 5.77. The summed E-state index contributed by atoms with van der Waals surface area (Å²) in [5, 5.41) is 10.0. The Hall–Kier alpha value is -2.74. The Morgan fingerprint density at radius 2 is 1.96 bits per heavy atom. The first-order chi connectivity index (χ1) is 11.1. The Kier molecular flexibility index (Phi) is 4.07. The van der Waals surface area contributed by atoms with Crippen molar-refractivity contribution in [3.63, 3.8) is 0 Å². The molecule has 1 aliphatic rings. The van der Waals surface area contributed by atoms with Crippen molar-refractivity contribution in [3.05, 3.63) is 89.7 Å². The van der Waals surface area contributed by atoms with Crippen molar-refractivity contribution in [1.29, 1.82) is 0 Å². The molecule has 0 saturated heterocycles. The molecule has 0 fully saturated rings. The number of hydrogen-bond donors (Lipinski definition) is 1. The second kappa shape index (κ2) is 6.17. The lowest BCUT2D eigenvalue weighted by Crippen LogP contribution is -2.22. The van der Waals surface area contributed by atoms with E-state index in [1.807, 2.05) is 32.1 Å². The number of hydrogen-bond acceptors (Lipinski definition) is 2. The van der Waals surface area contributed by atoms with Crippen molar-refractivity contribution in [1.82, 2.24) is 0 Å². The quantitative estimate of drug-likeness (QED) is 0.819. The van der Waals surface area contributed by atoms with Crippen molar-refractivity contribution in [2.75, 3.05) is 4.90 Å². The Labute approximate surface area is 137 Å². The number of aromatic hydroxyl groups is 1. The van der Waals surface area contributed by atoms with Crippen LogP contribution >= 0.6 is 0 Å². The molecule has 0 aromatic heterocycles. The first-order valence-corrected chi connectivity index (χ1v) is 7.81. The van der Waals surface area contributed by atoms with E-state index >= 15 is 0 Å². The van der Waals surface area contributed by atoms with Crippen LogP contribution in [0.25, 0.3) is 0 Å². The van der Waals surface area contributed by atoms with Crippen LogP contribution in [0.1, 0.15) is 18.1 Å². The van der Waals surface area contributed by atoms with E-state index in [0.29, 0.717) is 0 Å². The summed E-state index contributed by atoms with van der Waals surface area (Å²) >= 11 is 0. The van der Waals surface area contributed by atoms with Gasteiger partial charge in [-0.3, -0.25) is 0 Å². The van der Waals surface area contributed by atoms with E-state index in [4.69, 9.17) is 0 Å². The number of aryl methyl sites for hydroxylation is 1. The molecule has 0 bridgehead atoms. The smallest absolute Gasteiger partial charge is 0.117 e. The molecule has 2 aromatic carbocycles. The highest BCUT2D eigenvalue weighted by Crippen LogP contribution is 2.41. The van der Waals surface area contributed by atoms with Crippen LogP contribution < -0.4 is 4.90 Å². The summed E-state index contributed by atoms with van der Waals surface area (Å²) in [4.78, 5) is 2.20. The molecule has 0 radical (unpaired) electrons. The van der Waals surface area contributed by atoms with Gasteiger partial charge in [-0.25, -0.2) is 0 Å². The van der Waals surface area contributed by atoms with Crippen molar-refractivity contribution in [2.24, 2.45) is 0 Å². The van der Waals surface area contributed by atoms with E-state index < -0.39 is 0 Å². The SMILES string of the molecule is C=CC1=C(/C=C\C)N(c2cc(C)cc(O)c2)c2ccccc2C1. The Balaban J connectivity index is 2.28. The van der Waals surface area contributed by atoms with Crippen LogP contribution in [0.5, 0.6) is 5.75 Å². The van der Waals surface area contributed by atoms with Gasteiger partial charge in [-0.2, -0.15) is 0 Å². The third-order valence-corrected chi connectivity index (χ3v) is 4.06. The predicted molar refractivity (Wildman–Crippen MR) is 97.2 cm³/mol. The lowest BCUT2D eigenvalue weighted by atomic mass is 9.94. The largest absolute Gasteiger partial charge is 0.508 e. The molecule has 0 atom stereocenters. The standard InChI is InChI=1S/C21H21NO/c1-4-8-20-16(5-2)13-17-9-6-7-10-21(17)22(20)18-11-15(3)12-19(23)14-18/h4-12,14,23H,2,13H2,1,3H3/b8-4-. The summed E-state index contributed by atoms with van der Waals surface area (Å²) in [7, 11) is 0. The second-order valence-electron chi connectivity index (χ2n) is 5.78. The zero-order valence-electron chi connectivity index (χ0n) is 13.6. The Morgan fingerprint density at radius 1 is 1.17 bits per heavy atom. The molecule has 0 unspecified atom stereocenters. The first kappa shape index (κ1) is 15.2. The Morgan fingerprint density at radius 3 is 2.65 bits per heavy atom. The third-order valence-electron chi connectivity index (χ3n) is 4.06. The van der Waals surface area contributed by atoms with Crippen LogP contribution in [0.15, 0.2) is 78.5 Å². The molecule has 116 valence electrons. The van der Waals surface area contributed by atoms with Gasteiger partial charge in [0.25, 0.3) is 0 Å². The summed E-state index contributed by atoms with van der Waals surface area (Å²) in [6, 6.07) is 14.0. The van der Waals surface area contributed by atoms with Gasteiger partial charge in [0.05, 0.1) is 5.69 Å². The minimum atomic E-state index is 0.281. The fourth-order valence-corrected chi connectivity index (χ4v) is 3.11. The maximum atomic E-state index is 10.0. The van der Waals surface area contributed by atoms with Crippen LogP contribution in [-0.2, 0) is 6.42 Å². The van der Waals surface area contributed by atoms with Gasteiger partial charge in [0, 0.05) is 23.9 Å². The van der Waals surface area contributed by atoms with Crippen LogP contribution in [0.4, 0.5) is 11.4 Å². The van der Waals surface area contributed by atoms with E-state index in [1.54, 1.807) is 12.1 Å². The topological polar surface area (TPSA) is 23.5 Å². The molecule has 3 rings (SSSR count). The van der Waals surface area contributed by atoms with Crippen LogP contribution in [0, 0.1) is 6.92 Å². The molecular weight excluding hydrogens is 282 g/mol. The monoisotopic (exact) mass is 303 g/mol. The van der Waals surface area contributed by atoms with Crippen LogP contribution in [-0.4, -0.2) is 5.11 Å². The zero-order chi connectivity index (χ0) is 16.4. The van der Waals surface area contributed by atoms with Gasteiger partial charge in [-0.05, 0) is 54.8 Å². The molecular formula is C21H21NO. The molecule has 23 heavy (non-hydrogen) atoms. The van der Waals surface area contributed by atoms with Gasteiger partial charge >= 0.3 is 0 Å². The molecule has 0 saturated carbocycles. The fourth-order valence-electron chi connectivity index (χ4n) is 3.11. The van der Waals surface area contributed by atoms with E-state index in [-0.39, 0.29) is 5.75 Å². The number of anilines is 2. The number of fused-ring (bicyclic) bond motifs is 1. The van der Waals surface area contributed by atoms with Gasteiger partial charge < -0.3 is 10.0 Å². The average Bonchev–Trinajstić information content (AvgIpc) is 2.53. The van der Waals surface area contributed by atoms with Gasteiger partial charge in [-0.1, -0.05) is 36.9 Å². The van der Waals surface area contributed by atoms with Crippen molar-refractivity contribution in [2.45, 2.75) is 20.3 Å². The number of phenolic OH excluding ortho intramolecular Hbond substituents is 1. The average molecular weight is 303 g/mol. The first-order valence-electron chi connectivity index (χ1n) is 7.81. The fraction of sp³-hybridized carbons (Fsp3) is 0.143. The van der Waals surface area contributed by atoms with Crippen molar-refractivity contribution < 1.29 is 5.11 Å². The molecule has 1 heterocycles. The molecule has 0 amide bonds. The van der Waals surface area contributed by atoms with Gasteiger partial charge in [-0.15, -0.1) is 0 Å². The van der Waals surface area contributed by atoms with Gasteiger partial charge in [0.15, 0.2) is 0 Å². The third kappa shape index (κ3) is 2.80. The maximum absolute atomic E-state index is 10.0. The van der Waals surface area contributed by atoms with Crippen LogP contribution in [0.2, 0.25) is 0 Å². The highest BCUT2D eigenvalue weighted by Gasteiger charge is 2.24. The van der Waals surface area contributed by atoms with Gasteiger partial charge in [0.1, 0.15) is 5.75 Å². The number of phenols is 1. The van der Waals surface area contributed by atoms with Crippen molar-refractivity contribution >= 4 is 11.4 Å². The molecule has 1 aliphatic heterocycles. The summed E-state index contributed by atoms with van der Waals surface area (Å²) in [5.41, 5.74) is 6.69. The van der Waals surface area contributed by atoms with Gasteiger partial charge in [0.2, 0.25) is 0 Å². The minimum Gasteiger partial charge on any atom is -0.508 e. The van der Waals surface area contributed by atoms with E-state index in [2.05, 4.69) is 41.8 Å². The number of benzene rings is 2. The van der Waals surface area contributed by atoms with E-state index in [0.717, 1.165) is 29.1 Å². The van der Waals surface area contributed by atoms with Crippen LogP contribution in [0.3, 0.4) is 0 Å². The number of allylic oxidation sites excluding steroid dienone is 4. The second-order valence-corrected chi connectivity index (χ2v) is 5.78. The highest BCUT2D eigenvalue weighted by atomic mass is 16.3. The summed E-state index contributed by atoms with van der Waals surface area (Å²) < 4.78 is 0. The van der Waals surface area contributed by atoms with E-state index in [9.17, 15) is 5.11 Å². The van der Waals surface area contributed by atoms with E-state index in [1.165, 1.54) is 11.1 Å². The molecule has 2 nitrogen and oxygen atoms in total. The molecule has 0 aliphatic carbocycles. The number of nitrogens with zero attached hydrogens (tertiary/aromatic N) is 1. The maximum Gasteiger partial charge on any atom is 0.117 e. The summed E-state index contributed by atoms with van der Waals surface area (Å²) in [5.74, 6) is 0.281. The Bertz CT molecular complexity index is 794. The number of rotatable bonds is 3. The minimum absolute atomic E-state index is 0.281. The summed E-state index contributed by atoms with van der Waals surface area (Å²) in [6.07, 6.45) is 6.93. The molecule has 0 spiro atoms. The zero-order valence-corrected chi connectivity index (χ0v) is 13.6. The van der Waals surface area contributed by atoms with Crippen molar-refractivity contribution in [3.8, 4) is 5.75 Å². The lowest BCUT2D eigenvalue weighted by Gasteiger charge is -2.34. The predicted octanol–water partition coefficient (Wildman–Crippen LogP) is 5.41.